The summed E-state index contributed by atoms with van der Waals surface area (Å²) in [6.07, 6.45) is 5.00. The first-order valence-corrected chi connectivity index (χ1v) is 6.44. The molecule has 2 aromatic heterocycles. The second-order valence-electron chi connectivity index (χ2n) is 4.36. The zero-order valence-corrected chi connectivity index (χ0v) is 11.5. The van der Waals surface area contributed by atoms with E-state index in [0.29, 0.717) is 24.3 Å². The number of hydrogen-bond acceptors (Lipinski definition) is 5. The Morgan fingerprint density at radius 1 is 1.43 bits per heavy atom. The molecule has 0 aliphatic heterocycles. The maximum absolute atomic E-state index is 12.4. The van der Waals surface area contributed by atoms with Crippen LogP contribution < -0.4 is 0 Å². The lowest BCUT2D eigenvalue weighted by Crippen LogP contribution is -2.36. The normalized spacial score (nSPS) is 10.3. The zero-order valence-electron chi connectivity index (χ0n) is 11.5. The third-order valence-electron chi connectivity index (χ3n) is 2.75. The highest BCUT2D eigenvalue weighted by Gasteiger charge is 2.18. The quantitative estimate of drug-likeness (QED) is 0.835. The number of aliphatic carboxylic acids is 1. The highest BCUT2D eigenvalue weighted by atomic mass is 16.4. The first-order chi connectivity index (χ1) is 10.1. The fourth-order valence-corrected chi connectivity index (χ4v) is 1.87. The maximum Gasteiger partial charge on any atom is 0.323 e. The number of carboxylic acid groups (broad SMARTS) is 1. The minimum absolute atomic E-state index is 0.326. The van der Waals surface area contributed by atoms with Crippen molar-refractivity contribution in [3.63, 3.8) is 0 Å². The maximum atomic E-state index is 12.4. The molecule has 0 saturated carbocycles. The Bertz CT molecular complexity index is 626. The van der Waals surface area contributed by atoms with Gasteiger partial charge in [-0.15, -0.1) is 0 Å². The summed E-state index contributed by atoms with van der Waals surface area (Å²) in [7, 11) is 0. The zero-order chi connectivity index (χ0) is 15.2. The average molecular weight is 289 g/mol. The highest BCUT2D eigenvalue weighted by Crippen LogP contribution is 2.09. The molecule has 8 nitrogen and oxygen atoms in total. The molecule has 0 atom stereocenters. The van der Waals surface area contributed by atoms with Crippen molar-refractivity contribution in [2.45, 2.75) is 13.3 Å². The fraction of sp³-hybridized carbons (Fsp3) is 0.308. The standard InChI is InChI=1S/C13H15N5O3/c1-2-5-17(7-12(19)20)13(21)10-3-4-15-11(6-10)18-9-14-8-16-18/h3-4,6,8-9H,2,5,7H2,1H3,(H,19,20). The molecule has 110 valence electrons. The predicted octanol–water partition coefficient (Wildman–Crippen LogP) is 0.599. The number of nitrogens with zero attached hydrogens (tertiary/aromatic N) is 5. The van der Waals surface area contributed by atoms with Gasteiger partial charge in [-0.25, -0.2) is 14.6 Å². The van der Waals surface area contributed by atoms with E-state index in [1.807, 2.05) is 6.92 Å². The number of carbonyl (C=O) groups is 2. The molecule has 0 aliphatic rings. The van der Waals surface area contributed by atoms with E-state index in [4.69, 9.17) is 5.11 Å². The van der Waals surface area contributed by atoms with Crippen molar-refractivity contribution in [1.29, 1.82) is 0 Å². The van der Waals surface area contributed by atoms with Crippen molar-refractivity contribution in [2.24, 2.45) is 0 Å². The van der Waals surface area contributed by atoms with Gasteiger partial charge in [-0.05, 0) is 18.6 Å². The molecule has 0 unspecified atom stereocenters. The van der Waals surface area contributed by atoms with E-state index in [-0.39, 0.29) is 12.5 Å². The molecule has 21 heavy (non-hydrogen) atoms. The van der Waals surface area contributed by atoms with E-state index < -0.39 is 5.97 Å². The summed E-state index contributed by atoms with van der Waals surface area (Å²) in [4.78, 5) is 32.4. The molecule has 2 heterocycles. The fourth-order valence-electron chi connectivity index (χ4n) is 1.87. The lowest BCUT2D eigenvalue weighted by atomic mass is 10.2. The van der Waals surface area contributed by atoms with E-state index in [0.717, 1.165) is 0 Å². The molecule has 0 aromatic carbocycles. The summed E-state index contributed by atoms with van der Waals surface area (Å²) < 4.78 is 1.43. The van der Waals surface area contributed by atoms with E-state index in [9.17, 15) is 9.59 Å². The van der Waals surface area contributed by atoms with Crippen LogP contribution in [0.2, 0.25) is 0 Å². The number of rotatable bonds is 6. The van der Waals surface area contributed by atoms with Crippen LogP contribution in [0.1, 0.15) is 23.7 Å². The van der Waals surface area contributed by atoms with Crippen LogP contribution >= 0.6 is 0 Å². The molecule has 2 rings (SSSR count). The van der Waals surface area contributed by atoms with Gasteiger partial charge >= 0.3 is 5.97 Å². The third-order valence-corrected chi connectivity index (χ3v) is 2.75. The number of aromatic nitrogens is 4. The van der Waals surface area contributed by atoms with Crippen molar-refractivity contribution in [3.05, 3.63) is 36.5 Å². The van der Waals surface area contributed by atoms with Crippen LogP contribution in [0.3, 0.4) is 0 Å². The minimum atomic E-state index is -1.04. The number of hydrogen-bond donors (Lipinski definition) is 1. The van der Waals surface area contributed by atoms with Gasteiger partial charge < -0.3 is 10.0 Å². The van der Waals surface area contributed by atoms with Crippen LogP contribution in [0.25, 0.3) is 5.82 Å². The Morgan fingerprint density at radius 2 is 2.24 bits per heavy atom. The molecule has 0 radical (unpaired) electrons. The van der Waals surface area contributed by atoms with Crippen LogP contribution in [-0.2, 0) is 4.79 Å². The van der Waals surface area contributed by atoms with Crippen LogP contribution in [0, 0.1) is 0 Å². The predicted molar refractivity (Wildman–Crippen MR) is 73.0 cm³/mol. The Kier molecular flexibility index (Phi) is 4.60. The van der Waals surface area contributed by atoms with Crippen molar-refractivity contribution >= 4 is 11.9 Å². The first-order valence-electron chi connectivity index (χ1n) is 6.44. The summed E-state index contributed by atoms with van der Waals surface area (Å²) in [5.74, 6) is -0.935. The highest BCUT2D eigenvalue weighted by molar-refractivity contribution is 5.96. The molecule has 0 aliphatic carbocycles. The molecule has 1 amide bonds. The smallest absolute Gasteiger partial charge is 0.323 e. The SMILES string of the molecule is CCCN(CC(=O)O)C(=O)c1ccnc(-n2cncn2)c1. The van der Waals surface area contributed by atoms with E-state index >= 15 is 0 Å². The van der Waals surface area contributed by atoms with E-state index in [1.54, 1.807) is 12.1 Å². The van der Waals surface area contributed by atoms with E-state index in [2.05, 4.69) is 15.1 Å². The number of pyridine rings is 1. The summed E-state index contributed by atoms with van der Waals surface area (Å²) in [6, 6.07) is 3.11. The third kappa shape index (κ3) is 3.62. The summed E-state index contributed by atoms with van der Waals surface area (Å²) >= 11 is 0. The summed E-state index contributed by atoms with van der Waals surface area (Å²) in [5, 5.41) is 12.8. The molecule has 0 bridgehead atoms. The van der Waals surface area contributed by atoms with Gasteiger partial charge in [-0.3, -0.25) is 9.59 Å². The minimum Gasteiger partial charge on any atom is -0.480 e. The molecule has 0 spiro atoms. The van der Waals surface area contributed by atoms with Crippen molar-refractivity contribution in [2.75, 3.05) is 13.1 Å². The van der Waals surface area contributed by atoms with Crippen molar-refractivity contribution in [3.8, 4) is 5.82 Å². The average Bonchev–Trinajstić information content (AvgIpc) is 3.00. The Hall–Kier alpha value is -2.77. The number of carboxylic acids is 1. The Morgan fingerprint density at radius 3 is 2.86 bits per heavy atom. The Labute approximate surface area is 121 Å². The van der Waals surface area contributed by atoms with Crippen molar-refractivity contribution in [1.82, 2.24) is 24.6 Å². The van der Waals surface area contributed by atoms with Gasteiger partial charge in [0.1, 0.15) is 19.2 Å². The molecule has 0 saturated heterocycles. The molecule has 1 N–H and O–H groups in total. The van der Waals surface area contributed by atoms with Gasteiger partial charge in [0.05, 0.1) is 0 Å². The van der Waals surface area contributed by atoms with Crippen LogP contribution in [0.4, 0.5) is 0 Å². The largest absolute Gasteiger partial charge is 0.480 e. The number of amides is 1. The molecular weight excluding hydrogens is 274 g/mol. The van der Waals surface area contributed by atoms with Gasteiger partial charge in [0.15, 0.2) is 5.82 Å². The summed E-state index contributed by atoms with van der Waals surface area (Å²) in [6.45, 7) is 1.94. The van der Waals surface area contributed by atoms with E-state index in [1.165, 1.54) is 28.4 Å². The van der Waals surface area contributed by atoms with Gasteiger partial charge in [0.2, 0.25) is 0 Å². The van der Waals surface area contributed by atoms with Gasteiger partial charge in [-0.2, -0.15) is 5.10 Å². The van der Waals surface area contributed by atoms with Crippen LogP contribution in [-0.4, -0.2) is 54.7 Å². The number of carbonyl (C=O) groups excluding carboxylic acids is 1. The molecule has 0 fully saturated rings. The first kappa shape index (κ1) is 14.6. The lowest BCUT2D eigenvalue weighted by Gasteiger charge is -2.20. The topological polar surface area (TPSA) is 101 Å². The van der Waals surface area contributed by atoms with Crippen molar-refractivity contribution < 1.29 is 14.7 Å². The van der Waals surface area contributed by atoms with Gasteiger partial charge in [0.25, 0.3) is 5.91 Å². The molecule has 2 aromatic rings. The molecule has 8 heteroatoms. The second-order valence-corrected chi connectivity index (χ2v) is 4.36. The van der Waals surface area contributed by atoms with Crippen LogP contribution in [0.5, 0.6) is 0 Å². The molecular formula is C13H15N5O3. The second kappa shape index (κ2) is 6.60. The van der Waals surface area contributed by atoms with Gasteiger partial charge in [-0.1, -0.05) is 6.92 Å². The van der Waals surface area contributed by atoms with Crippen LogP contribution in [0.15, 0.2) is 31.0 Å². The lowest BCUT2D eigenvalue weighted by molar-refractivity contribution is -0.137. The van der Waals surface area contributed by atoms with Gasteiger partial charge in [0, 0.05) is 18.3 Å². The summed E-state index contributed by atoms with van der Waals surface area (Å²) in [5.41, 5.74) is 0.366. The monoisotopic (exact) mass is 289 g/mol. The Balaban J connectivity index is 2.25.